The zero-order valence-electron chi connectivity index (χ0n) is 10.6. The Balaban J connectivity index is 2.08. The van der Waals surface area contributed by atoms with Crippen molar-refractivity contribution in [3.8, 4) is 0 Å². The lowest BCUT2D eigenvalue weighted by molar-refractivity contribution is 0.342. The fourth-order valence-electron chi connectivity index (χ4n) is 1.94. The summed E-state index contributed by atoms with van der Waals surface area (Å²) in [5.74, 6) is 0. The molecule has 1 aromatic carbocycles. The van der Waals surface area contributed by atoms with Gasteiger partial charge in [-0.2, -0.15) is 17.4 Å². The topological polar surface area (TPSA) is 49.4 Å². The van der Waals surface area contributed by atoms with Crippen molar-refractivity contribution >= 4 is 22.0 Å². The molecule has 0 bridgehead atoms. The van der Waals surface area contributed by atoms with Crippen molar-refractivity contribution in [2.24, 2.45) is 0 Å². The average Bonchev–Trinajstić information content (AvgIpc) is 2.33. The van der Waals surface area contributed by atoms with Crippen LogP contribution in [0.1, 0.15) is 18.9 Å². The molecule has 1 heterocycles. The van der Waals surface area contributed by atoms with Gasteiger partial charge >= 0.3 is 0 Å². The van der Waals surface area contributed by atoms with Crippen LogP contribution in [0.5, 0.6) is 0 Å². The molecule has 6 heteroatoms. The lowest BCUT2D eigenvalue weighted by atomic mass is 10.2. The fourth-order valence-corrected chi connectivity index (χ4v) is 3.79. The summed E-state index contributed by atoms with van der Waals surface area (Å²) in [6.45, 7) is 2.92. The number of thioether (sulfide) groups is 1. The molecule has 4 nitrogen and oxygen atoms in total. The van der Waals surface area contributed by atoms with Gasteiger partial charge in [-0.3, -0.25) is 0 Å². The first-order valence-corrected chi connectivity index (χ1v) is 8.58. The number of hydrogen-bond donors (Lipinski definition) is 1. The van der Waals surface area contributed by atoms with Crippen molar-refractivity contribution in [3.63, 3.8) is 0 Å². The molecular formula is C12H18N2O2S2. The maximum atomic E-state index is 11.9. The van der Waals surface area contributed by atoms with Crippen LogP contribution in [0, 0.1) is 0 Å². The molecule has 1 aliphatic heterocycles. The van der Waals surface area contributed by atoms with Gasteiger partial charge in [0.25, 0.3) is 10.2 Å². The molecule has 1 aliphatic rings. The van der Waals surface area contributed by atoms with E-state index >= 15 is 0 Å². The van der Waals surface area contributed by atoms with E-state index in [1.165, 1.54) is 9.20 Å². The Morgan fingerprint density at radius 1 is 1.39 bits per heavy atom. The quantitative estimate of drug-likeness (QED) is 0.863. The van der Waals surface area contributed by atoms with Crippen LogP contribution in [0.3, 0.4) is 0 Å². The molecule has 0 saturated carbocycles. The Hall–Kier alpha value is -0.560. The minimum absolute atomic E-state index is 0.0325. The minimum atomic E-state index is -3.31. The predicted octanol–water partition coefficient (Wildman–Crippen LogP) is 1.84. The van der Waals surface area contributed by atoms with Crippen LogP contribution in [-0.4, -0.2) is 31.6 Å². The zero-order valence-corrected chi connectivity index (χ0v) is 12.2. The van der Waals surface area contributed by atoms with Gasteiger partial charge in [0.2, 0.25) is 0 Å². The van der Waals surface area contributed by atoms with Gasteiger partial charge in [-0.1, -0.05) is 12.1 Å². The Kier molecular flexibility index (Phi) is 4.32. The predicted molar refractivity (Wildman–Crippen MR) is 74.8 cm³/mol. The summed E-state index contributed by atoms with van der Waals surface area (Å²) in [7, 11) is -3.31. The normalized spacial score (nSPS) is 24.0. The lowest BCUT2D eigenvalue weighted by Crippen LogP contribution is -2.50. The molecule has 1 aromatic rings. The summed E-state index contributed by atoms with van der Waals surface area (Å²) in [5, 5.41) is 0. The first kappa shape index (κ1) is 13.9. The van der Waals surface area contributed by atoms with Crippen LogP contribution in [0.4, 0.5) is 0 Å². The summed E-state index contributed by atoms with van der Waals surface area (Å²) in [6.07, 6.45) is 2.87. The van der Waals surface area contributed by atoms with Crippen LogP contribution in [0.25, 0.3) is 0 Å². The standard InChI is InChI=1S/C12H18N2O2S2/c1-10-7-8-14(18(15,16)13-10)9-11-3-5-12(17-2)6-4-11/h3-6,10,13H,7-9H2,1-2H3. The first-order valence-electron chi connectivity index (χ1n) is 5.91. The third kappa shape index (κ3) is 3.26. The van der Waals surface area contributed by atoms with Gasteiger partial charge in [-0.05, 0) is 37.3 Å². The van der Waals surface area contributed by atoms with Crippen LogP contribution < -0.4 is 4.72 Å². The first-order chi connectivity index (χ1) is 8.51. The van der Waals surface area contributed by atoms with Crippen molar-refractivity contribution in [3.05, 3.63) is 29.8 Å². The second kappa shape index (κ2) is 5.61. The highest BCUT2D eigenvalue weighted by Gasteiger charge is 2.28. The van der Waals surface area contributed by atoms with E-state index in [2.05, 4.69) is 4.72 Å². The number of nitrogens with one attached hydrogen (secondary N) is 1. The van der Waals surface area contributed by atoms with Crippen molar-refractivity contribution in [1.29, 1.82) is 0 Å². The Labute approximate surface area is 113 Å². The van der Waals surface area contributed by atoms with E-state index in [1.807, 2.05) is 37.4 Å². The number of nitrogens with zero attached hydrogens (tertiary/aromatic N) is 1. The van der Waals surface area contributed by atoms with Gasteiger partial charge in [-0.25, -0.2) is 0 Å². The van der Waals surface area contributed by atoms with E-state index < -0.39 is 10.2 Å². The number of rotatable bonds is 3. The number of hydrogen-bond acceptors (Lipinski definition) is 3. The van der Waals surface area contributed by atoms with Crippen LogP contribution in [0.15, 0.2) is 29.2 Å². The van der Waals surface area contributed by atoms with Gasteiger partial charge in [0.1, 0.15) is 0 Å². The van der Waals surface area contributed by atoms with Crippen LogP contribution in [-0.2, 0) is 16.8 Å². The zero-order chi connectivity index (χ0) is 13.2. The molecule has 0 spiro atoms. The SMILES string of the molecule is CSc1ccc(CN2CCC(C)NS2(=O)=O)cc1. The highest BCUT2D eigenvalue weighted by molar-refractivity contribution is 7.98. The summed E-state index contributed by atoms with van der Waals surface area (Å²) in [6, 6.07) is 8.04. The van der Waals surface area contributed by atoms with E-state index in [-0.39, 0.29) is 6.04 Å². The Bertz CT molecular complexity index is 499. The molecule has 0 aliphatic carbocycles. The molecule has 1 N–H and O–H groups in total. The fraction of sp³-hybridized carbons (Fsp3) is 0.500. The van der Waals surface area contributed by atoms with Crippen molar-refractivity contribution in [2.75, 3.05) is 12.8 Å². The minimum Gasteiger partial charge on any atom is -0.199 e. The molecule has 1 atom stereocenters. The molecule has 100 valence electrons. The van der Waals surface area contributed by atoms with E-state index in [9.17, 15) is 8.42 Å². The van der Waals surface area contributed by atoms with Crippen LogP contribution >= 0.6 is 11.8 Å². The smallest absolute Gasteiger partial charge is 0.199 e. The van der Waals surface area contributed by atoms with E-state index in [0.717, 1.165) is 12.0 Å². The third-order valence-corrected chi connectivity index (χ3v) is 5.45. The van der Waals surface area contributed by atoms with E-state index in [1.54, 1.807) is 11.8 Å². The Morgan fingerprint density at radius 3 is 2.61 bits per heavy atom. The van der Waals surface area contributed by atoms with Crippen LogP contribution in [0.2, 0.25) is 0 Å². The van der Waals surface area contributed by atoms with Crippen molar-refractivity contribution in [2.45, 2.75) is 30.8 Å². The van der Waals surface area contributed by atoms with E-state index in [0.29, 0.717) is 13.1 Å². The van der Waals surface area contributed by atoms with Gasteiger partial charge in [0.15, 0.2) is 0 Å². The Morgan fingerprint density at radius 2 is 2.06 bits per heavy atom. The molecular weight excluding hydrogens is 268 g/mol. The number of benzene rings is 1. The summed E-state index contributed by atoms with van der Waals surface area (Å²) >= 11 is 1.68. The second-order valence-corrected chi connectivity index (χ2v) is 7.08. The lowest BCUT2D eigenvalue weighted by Gasteiger charge is -2.30. The molecule has 2 rings (SSSR count). The van der Waals surface area contributed by atoms with Gasteiger partial charge in [-0.15, -0.1) is 11.8 Å². The van der Waals surface area contributed by atoms with Gasteiger partial charge in [0.05, 0.1) is 0 Å². The molecule has 1 fully saturated rings. The highest BCUT2D eigenvalue weighted by Crippen LogP contribution is 2.18. The molecule has 0 aromatic heterocycles. The largest absolute Gasteiger partial charge is 0.279 e. The highest BCUT2D eigenvalue weighted by atomic mass is 32.2. The average molecular weight is 286 g/mol. The second-order valence-electron chi connectivity index (χ2n) is 4.49. The van der Waals surface area contributed by atoms with Crippen molar-refractivity contribution in [1.82, 2.24) is 9.03 Å². The molecule has 1 unspecified atom stereocenters. The monoisotopic (exact) mass is 286 g/mol. The maximum absolute atomic E-state index is 11.9. The summed E-state index contributed by atoms with van der Waals surface area (Å²) < 4.78 is 28.0. The molecule has 0 amide bonds. The van der Waals surface area contributed by atoms with Gasteiger partial charge in [0, 0.05) is 24.0 Å². The maximum Gasteiger partial charge on any atom is 0.279 e. The van der Waals surface area contributed by atoms with Gasteiger partial charge < -0.3 is 0 Å². The summed E-state index contributed by atoms with van der Waals surface area (Å²) in [4.78, 5) is 1.19. The molecule has 0 radical (unpaired) electrons. The third-order valence-electron chi connectivity index (χ3n) is 3.02. The summed E-state index contributed by atoms with van der Waals surface area (Å²) in [5.41, 5.74) is 1.02. The molecule has 18 heavy (non-hydrogen) atoms. The van der Waals surface area contributed by atoms with Crippen molar-refractivity contribution < 1.29 is 8.42 Å². The van der Waals surface area contributed by atoms with E-state index in [4.69, 9.17) is 0 Å². The molecule has 1 saturated heterocycles.